The highest BCUT2D eigenvalue weighted by molar-refractivity contribution is 7.89. The first kappa shape index (κ1) is 15.9. The zero-order valence-corrected chi connectivity index (χ0v) is 12.7. The Labute approximate surface area is 112 Å². The maximum Gasteiger partial charge on any atom is 0.211 e. The summed E-state index contributed by atoms with van der Waals surface area (Å²) in [6.07, 6.45) is 0.669. The molecule has 0 amide bonds. The zero-order chi connectivity index (χ0) is 13.6. The molecule has 0 aromatic rings. The Hall–Kier alpha value is -0.170. The molecule has 6 heteroatoms. The summed E-state index contributed by atoms with van der Waals surface area (Å²) in [6.45, 7) is 9.89. The van der Waals surface area contributed by atoms with Crippen LogP contribution in [0.25, 0.3) is 0 Å². The van der Waals surface area contributed by atoms with Crippen molar-refractivity contribution in [1.29, 1.82) is 0 Å². The van der Waals surface area contributed by atoms with E-state index in [1.165, 1.54) is 0 Å². The van der Waals surface area contributed by atoms with Crippen molar-refractivity contribution >= 4 is 10.0 Å². The standard InChI is InChI=1S/C12H27N3O2S/c1-4-9-18(16,17)13-10-12(2)11-15-7-5-14(3)6-8-15/h12-13H,4-11H2,1-3H3/t12-/m0/s1. The summed E-state index contributed by atoms with van der Waals surface area (Å²) in [5, 5.41) is 0. The predicted octanol–water partition coefficient (Wildman–Crippen LogP) is 0.199. The molecular weight excluding hydrogens is 250 g/mol. The van der Waals surface area contributed by atoms with E-state index in [1.54, 1.807) is 0 Å². The van der Waals surface area contributed by atoms with E-state index in [1.807, 2.05) is 6.92 Å². The lowest BCUT2D eigenvalue weighted by atomic mass is 10.1. The predicted molar refractivity (Wildman–Crippen MR) is 75.2 cm³/mol. The molecule has 1 atom stereocenters. The SMILES string of the molecule is CCCS(=O)(=O)NC[C@H](C)CN1CCN(C)CC1. The summed E-state index contributed by atoms with van der Waals surface area (Å²) in [5.41, 5.74) is 0. The van der Waals surface area contributed by atoms with Crippen LogP contribution in [-0.2, 0) is 10.0 Å². The van der Waals surface area contributed by atoms with Gasteiger partial charge in [-0.25, -0.2) is 13.1 Å². The van der Waals surface area contributed by atoms with Gasteiger partial charge in [-0.2, -0.15) is 0 Å². The highest BCUT2D eigenvalue weighted by Gasteiger charge is 2.17. The van der Waals surface area contributed by atoms with Crippen LogP contribution in [0.1, 0.15) is 20.3 Å². The number of hydrogen-bond acceptors (Lipinski definition) is 4. The maximum absolute atomic E-state index is 11.5. The van der Waals surface area contributed by atoms with Crippen molar-refractivity contribution in [1.82, 2.24) is 14.5 Å². The molecule has 0 bridgehead atoms. The summed E-state index contributed by atoms with van der Waals surface area (Å²) in [4.78, 5) is 4.74. The van der Waals surface area contributed by atoms with E-state index in [0.29, 0.717) is 18.9 Å². The van der Waals surface area contributed by atoms with Crippen molar-refractivity contribution < 1.29 is 8.42 Å². The normalized spacial score (nSPS) is 21.1. The molecule has 0 spiro atoms. The minimum absolute atomic E-state index is 0.230. The van der Waals surface area contributed by atoms with Gasteiger partial charge < -0.3 is 9.80 Å². The van der Waals surface area contributed by atoms with E-state index in [-0.39, 0.29) is 5.75 Å². The minimum atomic E-state index is -3.05. The number of piperazine rings is 1. The molecule has 0 radical (unpaired) electrons. The number of hydrogen-bond donors (Lipinski definition) is 1. The Morgan fingerprint density at radius 1 is 1.22 bits per heavy atom. The second kappa shape index (κ2) is 7.43. The van der Waals surface area contributed by atoms with Crippen LogP contribution >= 0.6 is 0 Å². The fourth-order valence-electron chi connectivity index (χ4n) is 2.15. The van der Waals surface area contributed by atoms with Crippen molar-refractivity contribution in [2.24, 2.45) is 5.92 Å². The third kappa shape index (κ3) is 6.13. The molecule has 0 aromatic heterocycles. The average Bonchev–Trinajstić information content (AvgIpc) is 2.30. The lowest BCUT2D eigenvalue weighted by Crippen LogP contribution is -2.47. The Morgan fingerprint density at radius 3 is 2.39 bits per heavy atom. The Morgan fingerprint density at radius 2 is 1.83 bits per heavy atom. The van der Waals surface area contributed by atoms with E-state index >= 15 is 0 Å². The van der Waals surface area contributed by atoms with Crippen molar-refractivity contribution in [3.8, 4) is 0 Å². The van der Waals surface area contributed by atoms with Gasteiger partial charge >= 0.3 is 0 Å². The topological polar surface area (TPSA) is 52.7 Å². The molecule has 0 unspecified atom stereocenters. The summed E-state index contributed by atoms with van der Waals surface area (Å²) in [7, 11) is -0.915. The molecule has 1 heterocycles. The third-order valence-electron chi connectivity index (χ3n) is 3.29. The smallest absolute Gasteiger partial charge is 0.211 e. The van der Waals surface area contributed by atoms with Gasteiger partial charge in [-0.3, -0.25) is 0 Å². The van der Waals surface area contributed by atoms with E-state index in [2.05, 4.69) is 28.5 Å². The first-order valence-corrected chi connectivity index (χ1v) is 8.46. The van der Waals surface area contributed by atoms with Crippen LogP contribution in [0.15, 0.2) is 0 Å². The van der Waals surface area contributed by atoms with Crippen LogP contribution < -0.4 is 4.72 Å². The van der Waals surface area contributed by atoms with Crippen LogP contribution in [0.3, 0.4) is 0 Å². The number of nitrogens with zero attached hydrogens (tertiary/aromatic N) is 2. The summed E-state index contributed by atoms with van der Waals surface area (Å²) < 4.78 is 25.8. The largest absolute Gasteiger partial charge is 0.304 e. The monoisotopic (exact) mass is 277 g/mol. The van der Waals surface area contributed by atoms with Gasteiger partial charge in [-0.05, 0) is 19.4 Å². The van der Waals surface area contributed by atoms with Crippen LogP contribution in [0.5, 0.6) is 0 Å². The summed E-state index contributed by atoms with van der Waals surface area (Å²) >= 11 is 0. The van der Waals surface area contributed by atoms with Crippen LogP contribution in [0, 0.1) is 5.92 Å². The Bertz CT molecular complexity index is 324. The van der Waals surface area contributed by atoms with Crippen LogP contribution in [0.2, 0.25) is 0 Å². The highest BCUT2D eigenvalue weighted by Crippen LogP contribution is 2.04. The summed E-state index contributed by atoms with van der Waals surface area (Å²) in [6, 6.07) is 0. The van der Waals surface area contributed by atoms with E-state index in [4.69, 9.17) is 0 Å². The lowest BCUT2D eigenvalue weighted by Gasteiger charge is -2.33. The van der Waals surface area contributed by atoms with Crippen LogP contribution in [-0.4, -0.2) is 70.3 Å². The molecule has 1 aliphatic rings. The molecule has 0 saturated carbocycles. The van der Waals surface area contributed by atoms with Gasteiger partial charge in [0.25, 0.3) is 0 Å². The van der Waals surface area contributed by atoms with Gasteiger partial charge in [-0.15, -0.1) is 0 Å². The van der Waals surface area contributed by atoms with Crippen molar-refractivity contribution in [3.63, 3.8) is 0 Å². The molecule has 18 heavy (non-hydrogen) atoms. The first-order valence-electron chi connectivity index (χ1n) is 6.81. The molecule has 108 valence electrons. The molecule has 1 N–H and O–H groups in total. The fraction of sp³-hybridized carbons (Fsp3) is 1.00. The average molecular weight is 277 g/mol. The molecule has 1 rings (SSSR count). The number of likely N-dealkylation sites (N-methyl/N-ethyl adjacent to an activating group) is 1. The Balaban J connectivity index is 2.23. The van der Waals surface area contributed by atoms with E-state index < -0.39 is 10.0 Å². The van der Waals surface area contributed by atoms with Crippen molar-refractivity contribution in [2.75, 3.05) is 52.1 Å². The zero-order valence-electron chi connectivity index (χ0n) is 11.9. The maximum atomic E-state index is 11.5. The van der Waals surface area contributed by atoms with Gasteiger partial charge in [0.2, 0.25) is 10.0 Å². The first-order chi connectivity index (χ1) is 8.43. The van der Waals surface area contributed by atoms with Crippen LogP contribution in [0.4, 0.5) is 0 Å². The minimum Gasteiger partial charge on any atom is -0.304 e. The van der Waals surface area contributed by atoms with Gasteiger partial charge in [0.15, 0.2) is 0 Å². The second-order valence-corrected chi connectivity index (χ2v) is 7.30. The van der Waals surface area contributed by atoms with Gasteiger partial charge in [-0.1, -0.05) is 13.8 Å². The number of nitrogens with one attached hydrogen (secondary N) is 1. The quantitative estimate of drug-likeness (QED) is 0.722. The van der Waals surface area contributed by atoms with Gasteiger partial charge in [0, 0.05) is 39.3 Å². The molecule has 5 nitrogen and oxygen atoms in total. The van der Waals surface area contributed by atoms with Crippen molar-refractivity contribution in [2.45, 2.75) is 20.3 Å². The number of rotatable bonds is 7. The van der Waals surface area contributed by atoms with Gasteiger partial charge in [0.1, 0.15) is 0 Å². The van der Waals surface area contributed by atoms with Crippen molar-refractivity contribution in [3.05, 3.63) is 0 Å². The summed E-state index contributed by atoms with van der Waals surface area (Å²) in [5.74, 6) is 0.592. The van der Waals surface area contributed by atoms with Gasteiger partial charge in [0.05, 0.1) is 5.75 Å². The fourth-order valence-corrected chi connectivity index (χ4v) is 3.37. The lowest BCUT2D eigenvalue weighted by molar-refractivity contribution is 0.139. The molecule has 1 fully saturated rings. The molecule has 1 saturated heterocycles. The third-order valence-corrected chi connectivity index (χ3v) is 4.84. The van der Waals surface area contributed by atoms with E-state index in [9.17, 15) is 8.42 Å². The second-order valence-electron chi connectivity index (χ2n) is 5.38. The Kier molecular flexibility index (Phi) is 6.55. The number of sulfonamides is 1. The molecular formula is C12H27N3O2S. The molecule has 1 aliphatic heterocycles. The molecule has 0 aliphatic carbocycles. The molecule has 0 aromatic carbocycles. The van der Waals surface area contributed by atoms with E-state index in [0.717, 1.165) is 32.7 Å². The highest BCUT2D eigenvalue weighted by atomic mass is 32.2.